The number of rotatable bonds is 4. The van der Waals surface area contributed by atoms with E-state index in [-0.39, 0.29) is 18.3 Å². The normalized spacial score (nSPS) is 10.4. The highest BCUT2D eigenvalue weighted by Gasteiger charge is 2.10. The van der Waals surface area contributed by atoms with Gasteiger partial charge in [-0.15, -0.1) is 0 Å². The molecule has 4 heteroatoms. The molecule has 0 aliphatic heterocycles. The molecule has 0 saturated heterocycles. The predicted octanol–water partition coefficient (Wildman–Crippen LogP) is 3.81. The number of nitrogens with one attached hydrogen (secondary N) is 1. The minimum absolute atomic E-state index is 0.160. The monoisotopic (exact) mass is 319 g/mol. The van der Waals surface area contributed by atoms with E-state index < -0.39 is 0 Å². The first kappa shape index (κ1) is 15.7. The van der Waals surface area contributed by atoms with Gasteiger partial charge in [0.15, 0.2) is 0 Å². The standard InChI is InChI=1S/C20H17NO3/c1-24-19(22)13-14-9-11-16(12-10-14)21-20(23)18-8-4-6-15-5-2-3-7-17(15)18/h2-12H,13H2,1H3,(H,21,23). The number of carbonyl (C=O) groups is 2. The molecule has 0 bridgehead atoms. The molecule has 0 spiro atoms. The van der Waals surface area contributed by atoms with Crippen molar-refractivity contribution in [3.8, 4) is 0 Å². The summed E-state index contributed by atoms with van der Waals surface area (Å²) in [5.74, 6) is -0.449. The van der Waals surface area contributed by atoms with Crippen molar-refractivity contribution in [2.24, 2.45) is 0 Å². The molecule has 0 fully saturated rings. The minimum atomic E-state index is -0.289. The van der Waals surface area contributed by atoms with E-state index in [2.05, 4.69) is 10.1 Å². The number of anilines is 1. The van der Waals surface area contributed by atoms with E-state index in [1.165, 1.54) is 7.11 Å². The van der Waals surface area contributed by atoms with Crippen LogP contribution < -0.4 is 5.32 Å². The molecular weight excluding hydrogens is 302 g/mol. The van der Waals surface area contributed by atoms with Crippen molar-refractivity contribution in [2.45, 2.75) is 6.42 Å². The minimum Gasteiger partial charge on any atom is -0.469 e. The predicted molar refractivity (Wildman–Crippen MR) is 94.1 cm³/mol. The van der Waals surface area contributed by atoms with Gasteiger partial charge in [0, 0.05) is 11.3 Å². The number of benzene rings is 3. The first-order chi connectivity index (χ1) is 11.7. The van der Waals surface area contributed by atoms with Crippen LogP contribution in [0.25, 0.3) is 10.8 Å². The van der Waals surface area contributed by atoms with E-state index in [0.29, 0.717) is 11.3 Å². The molecule has 3 rings (SSSR count). The van der Waals surface area contributed by atoms with Gasteiger partial charge in [0.1, 0.15) is 0 Å². The lowest BCUT2D eigenvalue weighted by molar-refractivity contribution is -0.139. The molecule has 24 heavy (non-hydrogen) atoms. The Hall–Kier alpha value is -3.14. The van der Waals surface area contributed by atoms with Crippen molar-refractivity contribution in [3.63, 3.8) is 0 Å². The van der Waals surface area contributed by atoms with Gasteiger partial charge in [0.25, 0.3) is 5.91 Å². The Morgan fingerprint density at radius 2 is 1.62 bits per heavy atom. The third-order valence-corrected chi connectivity index (χ3v) is 3.82. The molecule has 1 amide bonds. The van der Waals surface area contributed by atoms with Gasteiger partial charge in [0.05, 0.1) is 13.5 Å². The van der Waals surface area contributed by atoms with Crippen molar-refractivity contribution in [2.75, 3.05) is 12.4 Å². The van der Waals surface area contributed by atoms with Crippen LogP contribution >= 0.6 is 0 Å². The average Bonchev–Trinajstić information content (AvgIpc) is 2.62. The Kier molecular flexibility index (Phi) is 4.57. The number of amides is 1. The smallest absolute Gasteiger partial charge is 0.309 e. The Morgan fingerprint density at radius 3 is 2.38 bits per heavy atom. The summed E-state index contributed by atoms with van der Waals surface area (Å²) in [6.45, 7) is 0. The van der Waals surface area contributed by atoms with Gasteiger partial charge in [-0.05, 0) is 34.5 Å². The van der Waals surface area contributed by atoms with Gasteiger partial charge >= 0.3 is 5.97 Å². The summed E-state index contributed by atoms with van der Waals surface area (Å²) in [7, 11) is 1.36. The second kappa shape index (κ2) is 6.96. The van der Waals surface area contributed by atoms with E-state index in [0.717, 1.165) is 16.3 Å². The topological polar surface area (TPSA) is 55.4 Å². The highest BCUT2D eigenvalue weighted by Crippen LogP contribution is 2.20. The van der Waals surface area contributed by atoms with E-state index in [1.54, 1.807) is 24.3 Å². The maximum Gasteiger partial charge on any atom is 0.309 e. The molecule has 0 aliphatic rings. The number of methoxy groups -OCH3 is 1. The summed E-state index contributed by atoms with van der Waals surface area (Å²) in [5, 5.41) is 4.83. The fraction of sp³-hybridized carbons (Fsp3) is 0.100. The van der Waals surface area contributed by atoms with Gasteiger partial charge in [-0.3, -0.25) is 9.59 Å². The van der Waals surface area contributed by atoms with Crippen LogP contribution in [0.1, 0.15) is 15.9 Å². The molecule has 0 unspecified atom stereocenters. The van der Waals surface area contributed by atoms with Crippen molar-refractivity contribution in [1.29, 1.82) is 0 Å². The van der Waals surface area contributed by atoms with E-state index in [1.807, 2.05) is 42.5 Å². The lowest BCUT2D eigenvalue weighted by Gasteiger charge is -2.09. The van der Waals surface area contributed by atoms with Crippen LogP contribution in [0.3, 0.4) is 0 Å². The summed E-state index contributed by atoms with van der Waals surface area (Å²) >= 11 is 0. The van der Waals surface area contributed by atoms with Crippen LogP contribution in [0.2, 0.25) is 0 Å². The second-order valence-corrected chi connectivity index (χ2v) is 5.43. The van der Waals surface area contributed by atoms with E-state index in [9.17, 15) is 9.59 Å². The Labute approximate surface area is 140 Å². The van der Waals surface area contributed by atoms with Gasteiger partial charge in [-0.25, -0.2) is 0 Å². The van der Waals surface area contributed by atoms with E-state index >= 15 is 0 Å². The lowest BCUT2D eigenvalue weighted by Crippen LogP contribution is -2.12. The molecule has 4 nitrogen and oxygen atoms in total. The molecule has 1 N–H and O–H groups in total. The molecule has 120 valence electrons. The number of hydrogen-bond acceptors (Lipinski definition) is 3. The fourth-order valence-corrected chi connectivity index (χ4v) is 2.57. The summed E-state index contributed by atoms with van der Waals surface area (Å²) in [6.07, 6.45) is 0.216. The van der Waals surface area contributed by atoms with Crippen LogP contribution in [-0.2, 0) is 16.0 Å². The Bertz CT molecular complexity index is 880. The van der Waals surface area contributed by atoms with Crippen LogP contribution in [0.4, 0.5) is 5.69 Å². The summed E-state index contributed by atoms with van der Waals surface area (Å²) in [6, 6.07) is 20.6. The van der Waals surface area contributed by atoms with Gasteiger partial charge in [0.2, 0.25) is 0 Å². The summed E-state index contributed by atoms with van der Waals surface area (Å²) in [4.78, 5) is 23.8. The number of esters is 1. The number of fused-ring (bicyclic) bond motifs is 1. The second-order valence-electron chi connectivity index (χ2n) is 5.43. The lowest BCUT2D eigenvalue weighted by atomic mass is 10.0. The summed E-state index contributed by atoms with van der Waals surface area (Å²) < 4.78 is 4.64. The molecule has 3 aromatic carbocycles. The Balaban J connectivity index is 1.78. The number of carbonyl (C=O) groups excluding carboxylic acids is 2. The zero-order valence-corrected chi connectivity index (χ0v) is 13.3. The number of ether oxygens (including phenoxy) is 1. The van der Waals surface area contributed by atoms with Crippen molar-refractivity contribution in [3.05, 3.63) is 77.9 Å². The van der Waals surface area contributed by atoms with Crippen LogP contribution in [-0.4, -0.2) is 19.0 Å². The fourth-order valence-electron chi connectivity index (χ4n) is 2.57. The highest BCUT2D eigenvalue weighted by atomic mass is 16.5. The Morgan fingerprint density at radius 1 is 0.917 bits per heavy atom. The molecular formula is C20H17NO3. The third-order valence-electron chi connectivity index (χ3n) is 3.82. The van der Waals surface area contributed by atoms with Gasteiger partial charge < -0.3 is 10.1 Å². The van der Waals surface area contributed by atoms with Crippen LogP contribution in [0.5, 0.6) is 0 Å². The number of hydrogen-bond donors (Lipinski definition) is 1. The largest absolute Gasteiger partial charge is 0.469 e. The molecule has 0 saturated carbocycles. The van der Waals surface area contributed by atoms with Crippen molar-refractivity contribution < 1.29 is 14.3 Å². The maximum atomic E-state index is 12.6. The zero-order valence-electron chi connectivity index (χ0n) is 13.3. The molecule has 0 atom stereocenters. The SMILES string of the molecule is COC(=O)Cc1ccc(NC(=O)c2cccc3ccccc23)cc1. The highest BCUT2D eigenvalue weighted by molar-refractivity contribution is 6.12. The molecule has 0 aromatic heterocycles. The first-order valence-electron chi connectivity index (χ1n) is 7.62. The van der Waals surface area contributed by atoms with Crippen LogP contribution in [0, 0.1) is 0 Å². The molecule has 0 radical (unpaired) electrons. The van der Waals surface area contributed by atoms with Crippen molar-refractivity contribution in [1.82, 2.24) is 0 Å². The summed E-state index contributed by atoms with van der Waals surface area (Å²) in [5.41, 5.74) is 2.15. The zero-order chi connectivity index (χ0) is 16.9. The first-order valence-corrected chi connectivity index (χ1v) is 7.62. The van der Waals surface area contributed by atoms with Crippen molar-refractivity contribution >= 4 is 28.3 Å². The average molecular weight is 319 g/mol. The van der Waals surface area contributed by atoms with Gasteiger partial charge in [-0.2, -0.15) is 0 Å². The molecule has 0 aliphatic carbocycles. The maximum absolute atomic E-state index is 12.6. The molecule has 3 aromatic rings. The van der Waals surface area contributed by atoms with Crippen LogP contribution in [0.15, 0.2) is 66.7 Å². The molecule has 0 heterocycles. The van der Waals surface area contributed by atoms with Gasteiger partial charge in [-0.1, -0.05) is 48.5 Å². The van der Waals surface area contributed by atoms with E-state index in [4.69, 9.17) is 0 Å². The third kappa shape index (κ3) is 3.43. The quantitative estimate of drug-likeness (QED) is 0.744.